The summed E-state index contributed by atoms with van der Waals surface area (Å²) in [6.07, 6.45) is 3.56. The zero-order valence-corrected chi connectivity index (χ0v) is 21.6. The zero-order valence-electron chi connectivity index (χ0n) is 20.8. The monoisotopic (exact) mass is 508 g/mol. The number of para-hydroxylation sites is 2. The molecule has 9 heteroatoms. The van der Waals surface area contributed by atoms with Crippen LogP contribution in [-0.4, -0.2) is 36.1 Å². The number of ether oxygens (including phenoxy) is 2. The van der Waals surface area contributed by atoms with Crippen molar-refractivity contribution in [2.75, 3.05) is 12.4 Å². The highest BCUT2D eigenvalue weighted by Gasteiger charge is 2.29. The Kier molecular flexibility index (Phi) is 8.43. The molecule has 2 atom stereocenters. The molecule has 1 aromatic heterocycles. The Morgan fingerprint density at radius 2 is 1.72 bits per heavy atom. The summed E-state index contributed by atoms with van der Waals surface area (Å²) in [5.41, 5.74) is 3.22. The van der Waals surface area contributed by atoms with Gasteiger partial charge in [0.15, 0.2) is 0 Å². The fraction of sp³-hybridized carbons (Fsp3) is 0.370. The molecule has 0 bridgehead atoms. The number of amides is 3. The van der Waals surface area contributed by atoms with Crippen molar-refractivity contribution in [1.82, 2.24) is 15.6 Å². The Balaban J connectivity index is 1.32. The standard InChI is InChI=1S/C27H32N4O4S/c1-17-12-18(2)14-19(13-17)35-15-25-28-23(16-36-25)26(32)29-20-8-4-5-9-21(20)30-27(33)31-22-10-6-7-11-24(22)34-3/h6-7,10-14,16,20-21H,4-5,8-9,15H2,1-3H3,(H,29,32)(H2,30,31,33). The van der Waals surface area contributed by atoms with Gasteiger partial charge in [0.05, 0.1) is 18.8 Å². The lowest BCUT2D eigenvalue weighted by atomic mass is 9.90. The molecule has 190 valence electrons. The summed E-state index contributed by atoms with van der Waals surface area (Å²) in [4.78, 5) is 30.1. The minimum atomic E-state index is -0.329. The molecular weight excluding hydrogens is 476 g/mol. The van der Waals surface area contributed by atoms with Crippen LogP contribution in [0.15, 0.2) is 47.8 Å². The lowest BCUT2D eigenvalue weighted by Crippen LogP contribution is -2.54. The number of carbonyl (C=O) groups is 2. The van der Waals surface area contributed by atoms with Crippen molar-refractivity contribution >= 4 is 29.0 Å². The Morgan fingerprint density at radius 3 is 2.44 bits per heavy atom. The minimum absolute atomic E-state index is 0.175. The predicted octanol–water partition coefficient (Wildman–Crippen LogP) is 5.21. The van der Waals surface area contributed by atoms with Gasteiger partial charge in [0.25, 0.3) is 5.91 Å². The first kappa shape index (κ1) is 25.5. The number of rotatable bonds is 8. The van der Waals surface area contributed by atoms with Gasteiger partial charge < -0.3 is 25.4 Å². The molecule has 8 nitrogen and oxygen atoms in total. The number of methoxy groups -OCH3 is 1. The van der Waals surface area contributed by atoms with Crippen LogP contribution in [0, 0.1) is 13.8 Å². The fourth-order valence-electron chi connectivity index (χ4n) is 4.44. The fourth-order valence-corrected chi connectivity index (χ4v) is 5.12. The molecule has 3 N–H and O–H groups in total. The molecule has 1 fully saturated rings. The van der Waals surface area contributed by atoms with Gasteiger partial charge in [0.2, 0.25) is 0 Å². The summed E-state index contributed by atoms with van der Waals surface area (Å²) in [7, 11) is 1.56. The van der Waals surface area contributed by atoms with Crippen molar-refractivity contribution < 1.29 is 19.1 Å². The summed E-state index contributed by atoms with van der Waals surface area (Å²) >= 11 is 1.40. The summed E-state index contributed by atoms with van der Waals surface area (Å²) in [5.74, 6) is 1.13. The number of anilines is 1. The van der Waals surface area contributed by atoms with E-state index in [0.717, 1.165) is 47.6 Å². The number of hydrogen-bond acceptors (Lipinski definition) is 6. The maximum Gasteiger partial charge on any atom is 0.319 e. The number of nitrogens with one attached hydrogen (secondary N) is 3. The topological polar surface area (TPSA) is 102 Å². The maximum atomic E-state index is 12.9. The van der Waals surface area contributed by atoms with Gasteiger partial charge in [-0.1, -0.05) is 31.0 Å². The number of thiazole rings is 1. The first-order chi connectivity index (χ1) is 17.4. The van der Waals surface area contributed by atoms with Crippen molar-refractivity contribution in [3.63, 3.8) is 0 Å². The molecule has 2 aromatic carbocycles. The van der Waals surface area contributed by atoms with Crippen LogP contribution < -0.4 is 25.4 Å². The summed E-state index contributed by atoms with van der Waals surface area (Å²) < 4.78 is 11.2. The smallest absolute Gasteiger partial charge is 0.319 e. The maximum absolute atomic E-state index is 12.9. The number of urea groups is 1. The molecule has 3 aromatic rings. The second kappa shape index (κ2) is 11.9. The van der Waals surface area contributed by atoms with Crippen molar-refractivity contribution in [3.8, 4) is 11.5 Å². The van der Waals surface area contributed by atoms with E-state index in [9.17, 15) is 9.59 Å². The normalized spacial score (nSPS) is 17.2. The van der Waals surface area contributed by atoms with Gasteiger partial charge in [0, 0.05) is 11.4 Å². The molecule has 0 saturated heterocycles. The molecule has 1 aliphatic carbocycles. The zero-order chi connectivity index (χ0) is 25.5. The minimum Gasteiger partial charge on any atom is -0.495 e. The molecule has 0 aliphatic heterocycles. The number of carbonyl (C=O) groups excluding carboxylic acids is 2. The Hall–Kier alpha value is -3.59. The van der Waals surface area contributed by atoms with E-state index in [4.69, 9.17) is 9.47 Å². The lowest BCUT2D eigenvalue weighted by Gasteiger charge is -2.32. The van der Waals surface area contributed by atoms with Crippen LogP contribution in [0.25, 0.3) is 0 Å². The largest absolute Gasteiger partial charge is 0.495 e. The number of benzene rings is 2. The molecule has 2 unspecified atom stereocenters. The van der Waals surface area contributed by atoms with E-state index in [0.29, 0.717) is 23.7 Å². The highest BCUT2D eigenvalue weighted by Crippen LogP contribution is 2.24. The van der Waals surface area contributed by atoms with E-state index in [1.807, 2.05) is 38.1 Å². The van der Waals surface area contributed by atoms with Crippen molar-refractivity contribution in [3.05, 3.63) is 69.7 Å². The van der Waals surface area contributed by atoms with E-state index in [2.05, 4.69) is 27.0 Å². The van der Waals surface area contributed by atoms with Gasteiger partial charge in [-0.05, 0) is 62.1 Å². The average Bonchev–Trinajstić information content (AvgIpc) is 3.33. The molecule has 1 heterocycles. The van der Waals surface area contributed by atoms with E-state index < -0.39 is 0 Å². The van der Waals surface area contributed by atoms with Crippen LogP contribution in [0.2, 0.25) is 0 Å². The van der Waals surface area contributed by atoms with Crippen LogP contribution in [0.3, 0.4) is 0 Å². The van der Waals surface area contributed by atoms with E-state index >= 15 is 0 Å². The molecular formula is C27H32N4O4S. The molecule has 3 amide bonds. The molecule has 0 radical (unpaired) electrons. The Bertz CT molecular complexity index is 1190. The van der Waals surface area contributed by atoms with Crippen molar-refractivity contribution in [2.24, 2.45) is 0 Å². The highest BCUT2D eigenvalue weighted by atomic mass is 32.1. The lowest BCUT2D eigenvalue weighted by molar-refractivity contribution is 0.0911. The second-order valence-electron chi connectivity index (χ2n) is 9.01. The SMILES string of the molecule is COc1ccccc1NC(=O)NC1CCCCC1NC(=O)c1csc(COc2cc(C)cc(C)c2)n1. The quantitative estimate of drug-likeness (QED) is 0.388. The molecule has 36 heavy (non-hydrogen) atoms. The Morgan fingerprint density at radius 1 is 1.03 bits per heavy atom. The number of hydrogen-bond donors (Lipinski definition) is 3. The van der Waals surface area contributed by atoms with Crippen LogP contribution >= 0.6 is 11.3 Å². The number of aryl methyl sites for hydroxylation is 2. The van der Waals surface area contributed by atoms with Gasteiger partial charge in [-0.2, -0.15) is 0 Å². The summed E-state index contributed by atoms with van der Waals surface area (Å²) in [5, 5.41) is 11.4. The van der Waals surface area contributed by atoms with Gasteiger partial charge >= 0.3 is 6.03 Å². The second-order valence-corrected chi connectivity index (χ2v) is 9.95. The highest BCUT2D eigenvalue weighted by molar-refractivity contribution is 7.09. The van der Waals surface area contributed by atoms with Crippen molar-refractivity contribution in [1.29, 1.82) is 0 Å². The van der Waals surface area contributed by atoms with Gasteiger partial charge in [-0.3, -0.25) is 4.79 Å². The third kappa shape index (κ3) is 6.75. The van der Waals surface area contributed by atoms with Crippen LogP contribution in [0.5, 0.6) is 11.5 Å². The van der Waals surface area contributed by atoms with Gasteiger partial charge in [-0.25, -0.2) is 9.78 Å². The number of nitrogens with zero attached hydrogens (tertiary/aromatic N) is 1. The van der Waals surface area contributed by atoms with Gasteiger partial charge in [-0.15, -0.1) is 11.3 Å². The van der Waals surface area contributed by atoms with E-state index in [1.54, 1.807) is 24.6 Å². The summed E-state index contributed by atoms with van der Waals surface area (Å²) in [6.45, 7) is 4.36. The molecule has 4 rings (SSSR count). The first-order valence-electron chi connectivity index (χ1n) is 12.1. The van der Waals surface area contributed by atoms with E-state index in [1.165, 1.54) is 11.3 Å². The predicted molar refractivity (Wildman–Crippen MR) is 141 cm³/mol. The first-order valence-corrected chi connectivity index (χ1v) is 13.0. The third-order valence-corrected chi connectivity index (χ3v) is 6.92. The molecule has 1 aliphatic rings. The molecule has 0 spiro atoms. The van der Waals surface area contributed by atoms with Gasteiger partial charge in [0.1, 0.15) is 28.8 Å². The van der Waals surface area contributed by atoms with Crippen LogP contribution in [0.1, 0.15) is 52.3 Å². The third-order valence-electron chi connectivity index (χ3n) is 6.10. The molecule has 1 saturated carbocycles. The number of aromatic nitrogens is 1. The van der Waals surface area contributed by atoms with E-state index in [-0.39, 0.29) is 24.0 Å². The average molecular weight is 509 g/mol. The van der Waals surface area contributed by atoms with Crippen LogP contribution in [0.4, 0.5) is 10.5 Å². The van der Waals surface area contributed by atoms with Crippen LogP contribution in [-0.2, 0) is 6.61 Å². The Labute approximate surface area is 215 Å². The van der Waals surface area contributed by atoms with Crippen molar-refractivity contribution in [2.45, 2.75) is 58.2 Å². The summed E-state index contributed by atoms with van der Waals surface area (Å²) in [6, 6.07) is 12.6.